The molecule has 1 aliphatic heterocycles. The van der Waals surface area contributed by atoms with Crippen LogP contribution < -0.4 is 5.32 Å². The predicted octanol–water partition coefficient (Wildman–Crippen LogP) is 1.29. The van der Waals surface area contributed by atoms with Gasteiger partial charge in [-0.3, -0.25) is 4.79 Å². The van der Waals surface area contributed by atoms with Crippen LogP contribution in [0.5, 0.6) is 0 Å². The highest BCUT2D eigenvalue weighted by Crippen LogP contribution is 2.14. The third-order valence-corrected chi connectivity index (χ3v) is 3.32. The van der Waals surface area contributed by atoms with Crippen molar-refractivity contribution in [2.24, 2.45) is 5.92 Å². The monoisotopic (exact) mass is 251 g/mol. The third kappa shape index (κ3) is 3.26. The predicted molar refractivity (Wildman–Crippen MR) is 66.7 cm³/mol. The van der Waals surface area contributed by atoms with Crippen LogP contribution in [0.4, 0.5) is 4.39 Å². The molecule has 0 saturated carbocycles. The number of hydrogen-bond donors (Lipinski definition) is 1. The lowest BCUT2D eigenvalue weighted by atomic mass is 10.1. The van der Waals surface area contributed by atoms with Gasteiger partial charge in [-0.05, 0) is 37.6 Å². The minimum atomic E-state index is -0.624. The summed E-state index contributed by atoms with van der Waals surface area (Å²) in [6, 6.07) is 4.24. The first-order valence-electron chi connectivity index (χ1n) is 6.32. The van der Waals surface area contributed by atoms with Crippen molar-refractivity contribution in [3.05, 3.63) is 29.8 Å². The zero-order valence-electron chi connectivity index (χ0n) is 10.5. The van der Waals surface area contributed by atoms with Gasteiger partial charge < -0.3 is 10.2 Å². The number of halogens is 1. The molecule has 1 saturated heterocycles. The molecule has 1 fully saturated rings. The summed E-state index contributed by atoms with van der Waals surface area (Å²) in [7, 11) is 0. The number of hydrogen-bond acceptors (Lipinski definition) is 3. The lowest BCUT2D eigenvalue weighted by Gasteiger charge is -2.13. The van der Waals surface area contributed by atoms with Gasteiger partial charge in [-0.2, -0.15) is 4.39 Å². The van der Waals surface area contributed by atoms with E-state index in [1.54, 1.807) is 0 Å². The Kier molecular flexibility index (Phi) is 4.25. The second-order valence-corrected chi connectivity index (χ2v) is 4.60. The Morgan fingerprint density at radius 1 is 1.61 bits per heavy atom. The first-order chi connectivity index (χ1) is 8.69. The molecule has 1 amide bonds. The van der Waals surface area contributed by atoms with Gasteiger partial charge in [0.25, 0.3) is 5.91 Å². The molecule has 1 atom stereocenters. The van der Waals surface area contributed by atoms with Crippen LogP contribution in [-0.2, 0) is 0 Å². The van der Waals surface area contributed by atoms with Gasteiger partial charge in [0.05, 0.1) is 0 Å². The fourth-order valence-corrected chi connectivity index (χ4v) is 2.23. The average molecular weight is 251 g/mol. The smallest absolute Gasteiger partial charge is 0.270 e. The Labute approximate surface area is 106 Å². The average Bonchev–Trinajstić information content (AvgIpc) is 2.84. The van der Waals surface area contributed by atoms with Gasteiger partial charge in [-0.25, -0.2) is 4.98 Å². The largest absolute Gasteiger partial charge is 0.350 e. The molecule has 0 bridgehead atoms. The van der Waals surface area contributed by atoms with E-state index >= 15 is 0 Å². The van der Waals surface area contributed by atoms with E-state index in [0.29, 0.717) is 12.5 Å². The van der Waals surface area contributed by atoms with Crippen molar-refractivity contribution in [2.45, 2.75) is 13.3 Å². The first kappa shape index (κ1) is 13.0. The van der Waals surface area contributed by atoms with Crippen LogP contribution in [-0.4, -0.2) is 42.0 Å². The topological polar surface area (TPSA) is 45.2 Å². The fourth-order valence-electron chi connectivity index (χ4n) is 2.23. The Morgan fingerprint density at radius 2 is 2.44 bits per heavy atom. The maximum absolute atomic E-state index is 12.9. The van der Waals surface area contributed by atoms with Crippen molar-refractivity contribution in [1.29, 1.82) is 0 Å². The zero-order valence-corrected chi connectivity index (χ0v) is 10.5. The molecule has 0 aliphatic carbocycles. The molecule has 0 aromatic carbocycles. The van der Waals surface area contributed by atoms with E-state index in [1.165, 1.54) is 18.2 Å². The van der Waals surface area contributed by atoms with Crippen LogP contribution in [0.3, 0.4) is 0 Å². The second-order valence-electron chi connectivity index (χ2n) is 4.60. The molecule has 98 valence electrons. The fraction of sp³-hybridized carbons (Fsp3) is 0.538. The van der Waals surface area contributed by atoms with Crippen molar-refractivity contribution in [2.75, 3.05) is 26.2 Å². The first-order valence-corrected chi connectivity index (χ1v) is 6.32. The molecule has 1 N–H and O–H groups in total. The number of carbonyl (C=O) groups is 1. The van der Waals surface area contributed by atoms with Gasteiger partial charge in [0.2, 0.25) is 5.95 Å². The van der Waals surface area contributed by atoms with Crippen LogP contribution in [0.25, 0.3) is 0 Å². The summed E-state index contributed by atoms with van der Waals surface area (Å²) in [5, 5.41) is 2.82. The molecule has 1 aromatic heterocycles. The van der Waals surface area contributed by atoms with Crippen molar-refractivity contribution in [3.63, 3.8) is 0 Å². The van der Waals surface area contributed by atoms with Crippen LogP contribution >= 0.6 is 0 Å². The van der Waals surface area contributed by atoms with E-state index in [0.717, 1.165) is 26.1 Å². The molecule has 2 heterocycles. The summed E-state index contributed by atoms with van der Waals surface area (Å²) in [4.78, 5) is 17.7. The molecule has 5 heteroatoms. The number of nitrogens with zero attached hydrogens (tertiary/aromatic N) is 2. The Balaban J connectivity index is 1.82. The molecule has 0 spiro atoms. The van der Waals surface area contributed by atoms with Gasteiger partial charge in [0.1, 0.15) is 5.69 Å². The molecule has 18 heavy (non-hydrogen) atoms. The van der Waals surface area contributed by atoms with Crippen molar-refractivity contribution in [3.8, 4) is 0 Å². The number of pyridine rings is 1. The summed E-state index contributed by atoms with van der Waals surface area (Å²) >= 11 is 0. The number of rotatable bonds is 4. The molecular weight excluding hydrogens is 233 g/mol. The van der Waals surface area contributed by atoms with Crippen molar-refractivity contribution in [1.82, 2.24) is 15.2 Å². The molecule has 4 nitrogen and oxygen atoms in total. The highest BCUT2D eigenvalue weighted by molar-refractivity contribution is 5.92. The van der Waals surface area contributed by atoms with Crippen LogP contribution in [0.15, 0.2) is 18.2 Å². The minimum Gasteiger partial charge on any atom is -0.350 e. The summed E-state index contributed by atoms with van der Waals surface area (Å²) in [5.74, 6) is -0.437. The standard InChI is InChI=1S/C13H18FN3O/c1-2-17-7-6-10(9-17)8-15-13(18)11-4-3-5-12(14)16-11/h3-5,10H,2,6-9H2,1H3,(H,15,18). The van der Waals surface area contributed by atoms with Crippen LogP contribution in [0.2, 0.25) is 0 Å². The van der Waals surface area contributed by atoms with Gasteiger partial charge in [-0.1, -0.05) is 13.0 Å². The molecule has 2 rings (SSSR count). The van der Waals surface area contributed by atoms with E-state index in [4.69, 9.17) is 0 Å². The van der Waals surface area contributed by atoms with Crippen molar-refractivity contribution >= 4 is 5.91 Å². The minimum absolute atomic E-state index is 0.139. The normalized spacial score (nSPS) is 20.0. The summed E-state index contributed by atoms with van der Waals surface area (Å²) in [6.45, 7) is 5.93. The summed E-state index contributed by atoms with van der Waals surface area (Å²) in [5.41, 5.74) is 0.139. The SMILES string of the molecule is CCN1CCC(CNC(=O)c2cccc(F)n2)C1. The van der Waals surface area contributed by atoms with Gasteiger partial charge in [0.15, 0.2) is 0 Å². The van der Waals surface area contributed by atoms with E-state index < -0.39 is 5.95 Å². The van der Waals surface area contributed by atoms with Crippen LogP contribution in [0.1, 0.15) is 23.8 Å². The highest BCUT2D eigenvalue weighted by Gasteiger charge is 2.21. The lowest BCUT2D eigenvalue weighted by molar-refractivity contribution is 0.0941. The Bertz CT molecular complexity index is 424. The van der Waals surface area contributed by atoms with E-state index in [1.807, 2.05) is 0 Å². The number of likely N-dealkylation sites (tertiary alicyclic amines) is 1. The molecule has 1 aromatic rings. The van der Waals surface area contributed by atoms with Gasteiger partial charge in [0, 0.05) is 13.1 Å². The molecular formula is C13H18FN3O. The lowest BCUT2D eigenvalue weighted by Crippen LogP contribution is -2.31. The zero-order chi connectivity index (χ0) is 13.0. The van der Waals surface area contributed by atoms with Gasteiger partial charge in [-0.15, -0.1) is 0 Å². The maximum atomic E-state index is 12.9. The van der Waals surface area contributed by atoms with Crippen molar-refractivity contribution < 1.29 is 9.18 Å². The molecule has 1 unspecified atom stereocenters. The number of nitrogens with one attached hydrogen (secondary N) is 1. The number of aromatic nitrogens is 1. The van der Waals surface area contributed by atoms with E-state index in [2.05, 4.69) is 22.1 Å². The highest BCUT2D eigenvalue weighted by atomic mass is 19.1. The number of carbonyl (C=O) groups excluding carboxylic acids is 1. The quantitative estimate of drug-likeness (QED) is 0.820. The van der Waals surface area contributed by atoms with Gasteiger partial charge >= 0.3 is 0 Å². The summed E-state index contributed by atoms with van der Waals surface area (Å²) in [6.07, 6.45) is 1.10. The molecule has 0 radical (unpaired) electrons. The summed E-state index contributed by atoms with van der Waals surface area (Å²) < 4.78 is 12.9. The van der Waals surface area contributed by atoms with E-state index in [9.17, 15) is 9.18 Å². The van der Waals surface area contributed by atoms with E-state index in [-0.39, 0.29) is 11.6 Å². The second kappa shape index (κ2) is 5.91. The molecule has 1 aliphatic rings. The third-order valence-electron chi connectivity index (χ3n) is 3.32. The maximum Gasteiger partial charge on any atom is 0.270 e. The number of amides is 1. The Morgan fingerprint density at radius 3 is 3.11 bits per heavy atom. The van der Waals surface area contributed by atoms with Crippen LogP contribution in [0, 0.1) is 11.9 Å². The Hall–Kier alpha value is -1.49.